The summed E-state index contributed by atoms with van der Waals surface area (Å²) in [5, 5.41) is 10.2. The van der Waals surface area contributed by atoms with Crippen molar-refractivity contribution in [3.8, 4) is 0 Å². The molecule has 4 aliphatic rings. The van der Waals surface area contributed by atoms with Gasteiger partial charge in [0, 0.05) is 0 Å². The molecule has 0 amide bonds. The molecule has 0 aliphatic heterocycles. The zero-order chi connectivity index (χ0) is 21.0. The average molecular weight is 401 g/mol. The average Bonchev–Trinajstić information content (AvgIpc) is 3.03. The van der Waals surface area contributed by atoms with Crippen molar-refractivity contribution in [1.29, 1.82) is 0 Å². The van der Waals surface area contributed by atoms with Crippen LogP contribution in [-0.4, -0.2) is 11.2 Å². The van der Waals surface area contributed by atoms with Crippen molar-refractivity contribution in [2.45, 2.75) is 112 Å². The summed E-state index contributed by atoms with van der Waals surface area (Å²) in [6, 6.07) is 0. The van der Waals surface area contributed by atoms with Crippen LogP contribution in [0, 0.1) is 52.3 Å². The number of fused-ring (bicyclic) bond motifs is 5. The molecule has 4 rings (SSSR count). The van der Waals surface area contributed by atoms with Gasteiger partial charge in [-0.2, -0.15) is 0 Å². The van der Waals surface area contributed by atoms with Crippen LogP contribution in [0.5, 0.6) is 0 Å². The van der Waals surface area contributed by atoms with Crippen LogP contribution in [0.4, 0.5) is 0 Å². The van der Waals surface area contributed by atoms with Gasteiger partial charge in [-0.25, -0.2) is 0 Å². The van der Waals surface area contributed by atoms with Crippen molar-refractivity contribution in [3.63, 3.8) is 0 Å². The van der Waals surface area contributed by atoms with Gasteiger partial charge in [0.25, 0.3) is 0 Å². The Morgan fingerprint density at radius 2 is 1.72 bits per heavy atom. The summed E-state index contributed by atoms with van der Waals surface area (Å²) in [7, 11) is 0. The lowest BCUT2D eigenvalue weighted by Gasteiger charge is -2.58. The SMILES string of the molecule is CC(C)[C@@H](C)CC[C@@H](C)[C@H]1CC[C@@H]2[C@H]3CC=C4C[C@H](O)CC[C@]4(C)[C@@H]3CC[C@@]21C. The Bertz CT molecular complexity index is 620. The summed E-state index contributed by atoms with van der Waals surface area (Å²) in [5.74, 6) is 6.24. The number of hydrogen-bond acceptors (Lipinski definition) is 1. The molecule has 0 unspecified atom stereocenters. The molecule has 0 heterocycles. The smallest absolute Gasteiger partial charge is 0.0577 e. The molecule has 0 aromatic carbocycles. The summed E-state index contributed by atoms with van der Waals surface area (Å²) in [6.45, 7) is 15.1. The highest BCUT2D eigenvalue weighted by Crippen LogP contribution is 2.67. The van der Waals surface area contributed by atoms with Gasteiger partial charge in [-0.15, -0.1) is 0 Å². The quantitative estimate of drug-likeness (QED) is 0.470. The lowest BCUT2D eigenvalue weighted by molar-refractivity contribution is -0.0574. The maximum absolute atomic E-state index is 10.2. The maximum Gasteiger partial charge on any atom is 0.0577 e. The molecule has 0 spiro atoms. The molecule has 1 nitrogen and oxygen atoms in total. The zero-order valence-corrected chi connectivity index (χ0v) is 20.2. The molecule has 9 atom stereocenters. The van der Waals surface area contributed by atoms with E-state index in [9.17, 15) is 5.11 Å². The lowest BCUT2D eigenvalue weighted by Crippen LogP contribution is -2.50. The predicted octanol–water partition coefficient (Wildman–Crippen LogP) is 7.63. The topological polar surface area (TPSA) is 20.2 Å². The zero-order valence-electron chi connectivity index (χ0n) is 20.2. The first-order valence-electron chi connectivity index (χ1n) is 13.0. The van der Waals surface area contributed by atoms with Crippen molar-refractivity contribution < 1.29 is 5.11 Å². The van der Waals surface area contributed by atoms with Gasteiger partial charge in [0.2, 0.25) is 0 Å². The molecular formula is C28H48O. The van der Waals surface area contributed by atoms with Gasteiger partial charge in [-0.3, -0.25) is 0 Å². The Morgan fingerprint density at radius 1 is 0.966 bits per heavy atom. The first-order valence-corrected chi connectivity index (χ1v) is 13.0. The summed E-state index contributed by atoms with van der Waals surface area (Å²) < 4.78 is 0. The predicted molar refractivity (Wildman–Crippen MR) is 124 cm³/mol. The number of aliphatic hydroxyl groups excluding tert-OH is 1. The second kappa shape index (κ2) is 7.99. The summed E-state index contributed by atoms with van der Waals surface area (Å²) in [5.41, 5.74) is 2.59. The Kier molecular flexibility index (Phi) is 6.04. The molecule has 4 aliphatic carbocycles. The Morgan fingerprint density at radius 3 is 2.45 bits per heavy atom. The summed E-state index contributed by atoms with van der Waals surface area (Å²) in [4.78, 5) is 0. The van der Waals surface area contributed by atoms with Gasteiger partial charge in [-0.05, 0) is 104 Å². The fourth-order valence-electron chi connectivity index (χ4n) is 8.68. The Labute approximate surface area is 181 Å². The van der Waals surface area contributed by atoms with Gasteiger partial charge in [0.05, 0.1) is 6.10 Å². The molecular weight excluding hydrogens is 352 g/mol. The molecule has 0 radical (unpaired) electrons. The van der Waals surface area contributed by atoms with Crippen molar-refractivity contribution in [3.05, 3.63) is 11.6 Å². The third-order valence-corrected chi connectivity index (χ3v) is 11.1. The fourth-order valence-corrected chi connectivity index (χ4v) is 8.68. The van der Waals surface area contributed by atoms with E-state index in [1.165, 1.54) is 51.4 Å². The van der Waals surface area contributed by atoms with Crippen LogP contribution in [0.1, 0.15) is 106 Å². The Hall–Kier alpha value is -0.300. The highest BCUT2D eigenvalue weighted by molar-refractivity contribution is 5.25. The minimum atomic E-state index is -0.0790. The van der Waals surface area contributed by atoms with Crippen molar-refractivity contribution in [1.82, 2.24) is 0 Å². The van der Waals surface area contributed by atoms with E-state index in [1.807, 2.05) is 0 Å². The van der Waals surface area contributed by atoms with Gasteiger partial charge in [-0.1, -0.05) is 66.0 Å². The maximum atomic E-state index is 10.2. The first kappa shape index (κ1) is 21.9. The van der Waals surface area contributed by atoms with Gasteiger partial charge in [0.1, 0.15) is 0 Å². The number of hydrogen-bond donors (Lipinski definition) is 1. The van der Waals surface area contributed by atoms with Crippen molar-refractivity contribution in [2.24, 2.45) is 52.3 Å². The number of rotatable bonds is 5. The lowest BCUT2D eigenvalue weighted by atomic mass is 9.47. The van der Waals surface area contributed by atoms with Crippen LogP contribution < -0.4 is 0 Å². The largest absolute Gasteiger partial charge is 0.393 e. The standard InChI is InChI=1S/C28H48O/c1-18(2)19(3)7-8-20(4)24-11-12-25-23-10-9-21-17-22(29)13-15-27(21,5)26(23)14-16-28(24,25)6/h9,18-20,22-26,29H,7-8,10-17H2,1-6H3/t19-,20+,22+,23+,24+,25+,26+,27-,28+/m0/s1. The van der Waals surface area contributed by atoms with Crippen LogP contribution >= 0.6 is 0 Å². The molecule has 3 saturated carbocycles. The first-order chi connectivity index (χ1) is 13.7. The van der Waals surface area contributed by atoms with Crippen LogP contribution in [-0.2, 0) is 0 Å². The molecule has 0 saturated heterocycles. The minimum absolute atomic E-state index is 0.0790. The third kappa shape index (κ3) is 3.66. The Balaban J connectivity index is 1.49. The highest BCUT2D eigenvalue weighted by Gasteiger charge is 2.59. The molecule has 1 N–H and O–H groups in total. The van der Waals surface area contributed by atoms with Gasteiger partial charge < -0.3 is 5.11 Å². The van der Waals surface area contributed by atoms with E-state index in [1.54, 1.807) is 5.57 Å². The second-order valence-electron chi connectivity index (χ2n) is 12.7. The molecule has 29 heavy (non-hydrogen) atoms. The van der Waals surface area contributed by atoms with Crippen LogP contribution in [0.25, 0.3) is 0 Å². The van der Waals surface area contributed by atoms with E-state index in [-0.39, 0.29) is 6.10 Å². The van der Waals surface area contributed by atoms with Gasteiger partial charge >= 0.3 is 0 Å². The molecule has 0 bridgehead atoms. The number of aliphatic hydroxyl groups is 1. The van der Waals surface area contributed by atoms with Crippen LogP contribution in [0.3, 0.4) is 0 Å². The van der Waals surface area contributed by atoms with Crippen LogP contribution in [0.2, 0.25) is 0 Å². The molecule has 3 fully saturated rings. The summed E-state index contributed by atoms with van der Waals surface area (Å²) in [6.07, 6.45) is 15.7. The number of allylic oxidation sites excluding steroid dienone is 1. The van der Waals surface area contributed by atoms with Crippen molar-refractivity contribution in [2.75, 3.05) is 0 Å². The minimum Gasteiger partial charge on any atom is -0.393 e. The van der Waals surface area contributed by atoms with E-state index in [4.69, 9.17) is 0 Å². The second-order valence-corrected chi connectivity index (χ2v) is 12.7. The van der Waals surface area contributed by atoms with E-state index in [2.05, 4.69) is 47.6 Å². The monoisotopic (exact) mass is 400 g/mol. The van der Waals surface area contributed by atoms with E-state index in [0.717, 1.165) is 54.3 Å². The highest BCUT2D eigenvalue weighted by atomic mass is 16.3. The molecule has 0 aromatic heterocycles. The van der Waals surface area contributed by atoms with E-state index < -0.39 is 0 Å². The normalized spacial score (nSPS) is 46.5. The summed E-state index contributed by atoms with van der Waals surface area (Å²) >= 11 is 0. The van der Waals surface area contributed by atoms with E-state index >= 15 is 0 Å². The molecule has 166 valence electrons. The fraction of sp³-hybridized carbons (Fsp3) is 0.929. The van der Waals surface area contributed by atoms with Gasteiger partial charge in [0.15, 0.2) is 0 Å². The molecule has 0 aromatic rings. The third-order valence-electron chi connectivity index (χ3n) is 11.1. The van der Waals surface area contributed by atoms with Crippen molar-refractivity contribution >= 4 is 0 Å². The van der Waals surface area contributed by atoms with E-state index in [0.29, 0.717) is 10.8 Å². The van der Waals surface area contributed by atoms with Crippen LogP contribution in [0.15, 0.2) is 11.6 Å². The molecule has 1 heteroatoms.